The third-order valence-corrected chi connectivity index (χ3v) is 9.70. The molecule has 1 saturated heterocycles. The molecule has 1 heterocycles. The molecule has 3 rings (SSSR count). The Balaban J connectivity index is 1.76. The number of aliphatic hydroxyl groups excluding tert-OH is 1. The summed E-state index contributed by atoms with van der Waals surface area (Å²) in [5.74, 6) is -1.19. The largest absolute Gasteiger partial charge is 0.467 e. The zero-order chi connectivity index (χ0) is 28.3. The van der Waals surface area contributed by atoms with Crippen LogP contribution in [0.1, 0.15) is 68.6 Å². The molecule has 216 valence electrons. The SMILES string of the molecule is CCCCCCCC(C[Si](C)(C)C)C(CCc1ccc(C2(c3ccccc3)OCCO2)cc1)C(O)C(=O)OC. The molecule has 3 atom stereocenters. The van der Waals surface area contributed by atoms with Crippen LogP contribution in [0.2, 0.25) is 25.7 Å². The van der Waals surface area contributed by atoms with Gasteiger partial charge in [0, 0.05) is 19.2 Å². The molecule has 0 saturated carbocycles. The number of carbonyl (C=O) groups is 1. The predicted octanol–water partition coefficient (Wildman–Crippen LogP) is 7.33. The van der Waals surface area contributed by atoms with Gasteiger partial charge in [-0.15, -0.1) is 0 Å². The number of methoxy groups -OCH3 is 1. The van der Waals surface area contributed by atoms with E-state index in [0.717, 1.165) is 42.9 Å². The number of hydrogen-bond donors (Lipinski definition) is 1. The molecule has 0 amide bonds. The third kappa shape index (κ3) is 9.00. The van der Waals surface area contributed by atoms with Crippen LogP contribution in [0.5, 0.6) is 0 Å². The van der Waals surface area contributed by atoms with E-state index in [2.05, 4.69) is 50.8 Å². The second kappa shape index (κ2) is 15.1. The molecule has 1 N–H and O–H groups in total. The molecular formula is C33H50O5Si. The lowest BCUT2D eigenvalue weighted by Gasteiger charge is -2.34. The number of benzene rings is 2. The maximum atomic E-state index is 12.5. The highest BCUT2D eigenvalue weighted by Gasteiger charge is 2.40. The van der Waals surface area contributed by atoms with E-state index in [-0.39, 0.29) is 5.92 Å². The second-order valence-corrected chi connectivity index (χ2v) is 17.8. The molecule has 0 aromatic heterocycles. The molecule has 0 bridgehead atoms. The highest BCUT2D eigenvalue weighted by atomic mass is 28.3. The number of rotatable bonds is 16. The average molecular weight is 555 g/mol. The lowest BCUT2D eigenvalue weighted by atomic mass is 9.81. The minimum absolute atomic E-state index is 0.118. The molecule has 5 nitrogen and oxygen atoms in total. The van der Waals surface area contributed by atoms with Crippen LogP contribution in [0.4, 0.5) is 0 Å². The van der Waals surface area contributed by atoms with Crippen LogP contribution in [0.15, 0.2) is 54.6 Å². The summed E-state index contributed by atoms with van der Waals surface area (Å²) in [6, 6.07) is 19.6. The van der Waals surface area contributed by atoms with Crippen molar-refractivity contribution in [1.82, 2.24) is 0 Å². The highest BCUT2D eigenvalue weighted by Crippen LogP contribution is 2.39. The van der Waals surface area contributed by atoms with E-state index in [1.54, 1.807) is 0 Å². The number of ether oxygens (including phenoxy) is 3. The zero-order valence-electron chi connectivity index (χ0n) is 24.8. The number of unbranched alkanes of at least 4 members (excludes halogenated alkanes) is 4. The van der Waals surface area contributed by atoms with Gasteiger partial charge in [0.25, 0.3) is 0 Å². The maximum Gasteiger partial charge on any atom is 0.334 e. The average Bonchev–Trinajstić information content (AvgIpc) is 3.43. The van der Waals surface area contributed by atoms with Gasteiger partial charge in [0.2, 0.25) is 5.79 Å². The Kier molecular flexibility index (Phi) is 12.2. The van der Waals surface area contributed by atoms with Crippen molar-refractivity contribution in [1.29, 1.82) is 0 Å². The van der Waals surface area contributed by atoms with E-state index < -0.39 is 25.9 Å². The van der Waals surface area contributed by atoms with Crippen LogP contribution in [0, 0.1) is 11.8 Å². The van der Waals surface area contributed by atoms with Crippen molar-refractivity contribution < 1.29 is 24.1 Å². The minimum atomic E-state index is -1.41. The second-order valence-electron chi connectivity index (χ2n) is 12.3. The van der Waals surface area contributed by atoms with Gasteiger partial charge >= 0.3 is 5.97 Å². The summed E-state index contributed by atoms with van der Waals surface area (Å²) in [6.45, 7) is 10.5. The highest BCUT2D eigenvalue weighted by molar-refractivity contribution is 6.76. The number of carbonyl (C=O) groups excluding carboxylic acids is 1. The lowest BCUT2D eigenvalue weighted by Crippen LogP contribution is -2.38. The van der Waals surface area contributed by atoms with Crippen molar-refractivity contribution in [2.75, 3.05) is 20.3 Å². The number of hydrogen-bond acceptors (Lipinski definition) is 5. The summed E-state index contributed by atoms with van der Waals surface area (Å²) in [7, 11) is -0.0415. The third-order valence-electron chi connectivity index (χ3n) is 7.95. The van der Waals surface area contributed by atoms with Crippen molar-refractivity contribution in [2.45, 2.75) is 95.9 Å². The first-order chi connectivity index (χ1) is 18.7. The molecule has 3 unspecified atom stereocenters. The van der Waals surface area contributed by atoms with Gasteiger partial charge in [-0.3, -0.25) is 0 Å². The Labute approximate surface area is 237 Å². The summed E-state index contributed by atoms with van der Waals surface area (Å²) in [6.07, 6.45) is 7.61. The molecule has 6 heteroatoms. The van der Waals surface area contributed by atoms with Crippen LogP contribution in [0.25, 0.3) is 0 Å². The molecule has 1 fully saturated rings. The maximum absolute atomic E-state index is 12.5. The molecular weight excluding hydrogens is 504 g/mol. The van der Waals surface area contributed by atoms with E-state index in [0.29, 0.717) is 19.1 Å². The first kappa shape index (κ1) is 31.5. The molecule has 2 aromatic rings. The van der Waals surface area contributed by atoms with Gasteiger partial charge in [-0.1, -0.05) is 126 Å². The van der Waals surface area contributed by atoms with Crippen molar-refractivity contribution in [3.8, 4) is 0 Å². The summed E-state index contributed by atoms with van der Waals surface area (Å²) >= 11 is 0. The van der Waals surface area contributed by atoms with Gasteiger partial charge in [0.1, 0.15) is 0 Å². The normalized spacial score (nSPS) is 17.5. The Morgan fingerprint density at radius 2 is 1.54 bits per heavy atom. The van der Waals surface area contributed by atoms with Gasteiger partial charge < -0.3 is 19.3 Å². The monoisotopic (exact) mass is 554 g/mol. The summed E-state index contributed by atoms with van der Waals surface area (Å²) < 4.78 is 17.3. The molecule has 0 spiro atoms. The van der Waals surface area contributed by atoms with Crippen LogP contribution < -0.4 is 0 Å². The molecule has 1 aliphatic rings. The van der Waals surface area contributed by atoms with Crippen molar-refractivity contribution >= 4 is 14.0 Å². The summed E-state index contributed by atoms with van der Waals surface area (Å²) in [5, 5.41) is 11.1. The van der Waals surface area contributed by atoms with Gasteiger partial charge in [0.05, 0.1) is 20.3 Å². The van der Waals surface area contributed by atoms with Crippen LogP contribution in [-0.4, -0.2) is 45.6 Å². The first-order valence-electron chi connectivity index (χ1n) is 14.9. The fourth-order valence-electron chi connectivity index (χ4n) is 6.01. The van der Waals surface area contributed by atoms with Gasteiger partial charge in [-0.25, -0.2) is 4.79 Å². The fraction of sp³-hybridized carbons (Fsp3) is 0.606. The number of esters is 1. The van der Waals surface area contributed by atoms with E-state index in [9.17, 15) is 9.90 Å². The van der Waals surface area contributed by atoms with Crippen LogP contribution >= 0.6 is 0 Å². The van der Waals surface area contributed by atoms with Gasteiger partial charge in [-0.2, -0.15) is 0 Å². The van der Waals surface area contributed by atoms with Gasteiger partial charge in [-0.05, 0) is 30.2 Å². The smallest absolute Gasteiger partial charge is 0.334 e. The standard InChI is InChI=1S/C33H50O5Si/c1-6-7-8-9-11-14-27(25-39(3,4)5)30(31(34)32(35)36-2)22-19-26-17-20-29(21-18-26)33(37-23-24-38-33)28-15-12-10-13-16-28/h10,12-13,15-18,20-21,27,30-31,34H,6-9,11,14,19,22-25H2,1-5H3. The fourth-order valence-corrected chi connectivity index (χ4v) is 8.09. The number of aliphatic hydroxyl groups is 1. The van der Waals surface area contributed by atoms with E-state index in [1.807, 2.05) is 30.3 Å². The van der Waals surface area contributed by atoms with Gasteiger partial charge in [0.15, 0.2) is 6.10 Å². The minimum Gasteiger partial charge on any atom is -0.467 e. The summed E-state index contributed by atoms with van der Waals surface area (Å²) in [5.41, 5.74) is 3.14. The van der Waals surface area contributed by atoms with E-state index >= 15 is 0 Å². The molecule has 39 heavy (non-hydrogen) atoms. The predicted molar refractivity (Wildman–Crippen MR) is 160 cm³/mol. The zero-order valence-corrected chi connectivity index (χ0v) is 25.8. The van der Waals surface area contributed by atoms with Crippen molar-refractivity contribution in [3.63, 3.8) is 0 Å². The Hall–Kier alpha value is -1.99. The Morgan fingerprint density at radius 3 is 2.13 bits per heavy atom. The van der Waals surface area contributed by atoms with Crippen LogP contribution in [0.3, 0.4) is 0 Å². The van der Waals surface area contributed by atoms with Crippen molar-refractivity contribution in [3.05, 3.63) is 71.3 Å². The molecule has 2 aromatic carbocycles. The Bertz CT molecular complexity index is 979. The van der Waals surface area contributed by atoms with Crippen molar-refractivity contribution in [2.24, 2.45) is 11.8 Å². The first-order valence-corrected chi connectivity index (χ1v) is 18.6. The quantitative estimate of drug-likeness (QED) is 0.134. The topological polar surface area (TPSA) is 65.0 Å². The summed E-state index contributed by atoms with van der Waals surface area (Å²) in [4.78, 5) is 12.5. The number of aryl methyl sites for hydroxylation is 1. The van der Waals surface area contributed by atoms with E-state index in [4.69, 9.17) is 14.2 Å². The molecule has 1 aliphatic heterocycles. The molecule has 0 radical (unpaired) electrons. The van der Waals surface area contributed by atoms with Crippen LogP contribution in [-0.2, 0) is 31.2 Å². The van der Waals surface area contributed by atoms with E-state index in [1.165, 1.54) is 38.4 Å². The molecule has 0 aliphatic carbocycles. The lowest BCUT2D eigenvalue weighted by molar-refractivity contribution is -0.154. The Morgan fingerprint density at radius 1 is 0.923 bits per heavy atom.